The number of fused-ring (bicyclic) bond motifs is 1. The molecule has 1 saturated heterocycles. The van der Waals surface area contributed by atoms with Gasteiger partial charge in [-0.3, -0.25) is 14.6 Å². The Kier molecular flexibility index (Phi) is 4.58. The largest absolute Gasteiger partial charge is 0.369 e. The summed E-state index contributed by atoms with van der Waals surface area (Å²) in [5, 5.41) is 7.58. The third kappa shape index (κ3) is 3.28. The van der Waals surface area contributed by atoms with Crippen LogP contribution in [0.1, 0.15) is 22.5 Å². The number of anilines is 1. The number of benzene rings is 1. The van der Waals surface area contributed by atoms with Gasteiger partial charge in [0.15, 0.2) is 5.69 Å². The van der Waals surface area contributed by atoms with Crippen molar-refractivity contribution in [3.63, 3.8) is 0 Å². The average Bonchev–Trinajstić information content (AvgIpc) is 2.95. The first-order chi connectivity index (χ1) is 13.1. The summed E-state index contributed by atoms with van der Waals surface area (Å²) in [4.78, 5) is 33.3. The third-order valence-electron chi connectivity index (χ3n) is 5.01. The number of carbonyl (C=O) groups excluding carboxylic acids is 1. The quantitative estimate of drug-likeness (QED) is 0.753. The summed E-state index contributed by atoms with van der Waals surface area (Å²) in [5.41, 5.74) is 2.31. The van der Waals surface area contributed by atoms with E-state index in [1.807, 2.05) is 30.2 Å². The van der Waals surface area contributed by atoms with Gasteiger partial charge in [0.05, 0.1) is 5.39 Å². The number of nitrogens with one attached hydrogen (secondary N) is 1. The van der Waals surface area contributed by atoms with Crippen LogP contribution in [-0.2, 0) is 0 Å². The third-order valence-corrected chi connectivity index (χ3v) is 5.01. The molecular weight excluding hydrogens is 342 g/mol. The van der Waals surface area contributed by atoms with E-state index in [0.717, 1.165) is 30.8 Å². The summed E-state index contributed by atoms with van der Waals surface area (Å²) in [5.74, 6) is -0.143. The summed E-state index contributed by atoms with van der Waals surface area (Å²) in [7, 11) is 0. The molecule has 2 aromatic heterocycles. The van der Waals surface area contributed by atoms with Gasteiger partial charge in [0.25, 0.3) is 11.5 Å². The van der Waals surface area contributed by atoms with Crippen LogP contribution in [0.3, 0.4) is 0 Å². The van der Waals surface area contributed by atoms with Crippen LogP contribution in [0.2, 0.25) is 0 Å². The van der Waals surface area contributed by atoms with E-state index < -0.39 is 0 Å². The van der Waals surface area contributed by atoms with Gasteiger partial charge in [0.2, 0.25) is 0 Å². The number of carbonyl (C=O) groups is 1. The normalized spacial score (nSPS) is 15.0. The summed E-state index contributed by atoms with van der Waals surface area (Å²) >= 11 is 0. The molecule has 4 rings (SSSR count). The number of aromatic nitrogens is 3. The Bertz CT molecular complexity index is 1050. The van der Waals surface area contributed by atoms with Gasteiger partial charge in [-0.15, -0.1) is 0 Å². The van der Waals surface area contributed by atoms with E-state index in [1.54, 1.807) is 24.4 Å². The Morgan fingerprint density at radius 1 is 1.07 bits per heavy atom. The van der Waals surface area contributed by atoms with Gasteiger partial charge < -0.3 is 9.80 Å². The molecule has 7 heteroatoms. The SMILES string of the molecule is Cc1cnccc1N1CCCN(C(=O)c2n[nH]c(=O)c3ccccc23)CC1. The van der Waals surface area contributed by atoms with Crippen LogP contribution in [0.5, 0.6) is 0 Å². The molecule has 1 aromatic carbocycles. The maximum Gasteiger partial charge on any atom is 0.275 e. The lowest BCUT2D eigenvalue weighted by molar-refractivity contribution is 0.0762. The van der Waals surface area contributed by atoms with Crippen molar-refractivity contribution in [2.75, 3.05) is 31.1 Å². The highest BCUT2D eigenvalue weighted by Crippen LogP contribution is 2.21. The molecule has 1 aliphatic heterocycles. The molecule has 1 aliphatic rings. The smallest absolute Gasteiger partial charge is 0.275 e. The van der Waals surface area contributed by atoms with Crippen molar-refractivity contribution >= 4 is 22.4 Å². The zero-order chi connectivity index (χ0) is 18.8. The van der Waals surface area contributed by atoms with E-state index in [9.17, 15) is 9.59 Å². The van der Waals surface area contributed by atoms with E-state index in [-0.39, 0.29) is 11.5 Å². The Balaban J connectivity index is 1.58. The fourth-order valence-electron chi connectivity index (χ4n) is 3.61. The van der Waals surface area contributed by atoms with Gasteiger partial charge in [-0.2, -0.15) is 5.10 Å². The number of aromatic amines is 1. The first-order valence-electron chi connectivity index (χ1n) is 9.07. The van der Waals surface area contributed by atoms with Gasteiger partial charge in [-0.25, -0.2) is 5.10 Å². The Morgan fingerprint density at radius 2 is 1.89 bits per heavy atom. The van der Waals surface area contributed by atoms with Crippen LogP contribution in [-0.4, -0.2) is 52.2 Å². The standard InChI is InChI=1S/C20H21N5O2/c1-14-13-21-8-7-17(14)24-9-4-10-25(12-11-24)20(27)18-15-5-2-3-6-16(15)19(26)23-22-18/h2-3,5-8,13H,4,9-12H2,1H3,(H,23,26). The summed E-state index contributed by atoms with van der Waals surface area (Å²) in [6.45, 7) is 4.95. The van der Waals surface area contributed by atoms with Crippen molar-refractivity contribution < 1.29 is 4.79 Å². The molecule has 0 saturated carbocycles. The monoisotopic (exact) mass is 363 g/mol. The molecular formula is C20H21N5O2. The van der Waals surface area contributed by atoms with Crippen LogP contribution in [0.4, 0.5) is 5.69 Å². The predicted octanol–water partition coefficient (Wildman–Crippen LogP) is 1.98. The molecule has 27 heavy (non-hydrogen) atoms. The zero-order valence-corrected chi connectivity index (χ0v) is 15.2. The second-order valence-electron chi connectivity index (χ2n) is 6.74. The lowest BCUT2D eigenvalue weighted by Crippen LogP contribution is -2.36. The number of hydrogen-bond acceptors (Lipinski definition) is 5. The summed E-state index contributed by atoms with van der Waals surface area (Å²) in [6, 6.07) is 9.10. The number of hydrogen-bond donors (Lipinski definition) is 1. The maximum atomic E-state index is 13.1. The highest BCUT2D eigenvalue weighted by molar-refractivity contribution is 6.04. The first kappa shape index (κ1) is 17.2. The van der Waals surface area contributed by atoms with Crippen LogP contribution in [0, 0.1) is 6.92 Å². The molecule has 0 radical (unpaired) electrons. The fourth-order valence-corrected chi connectivity index (χ4v) is 3.61. The van der Waals surface area contributed by atoms with Crippen LogP contribution >= 0.6 is 0 Å². The van der Waals surface area contributed by atoms with Crippen LogP contribution in [0.15, 0.2) is 47.5 Å². The van der Waals surface area contributed by atoms with Crippen molar-refractivity contribution in [3.05, 3.63) is 64.3 Å². The summed E-state index contributed by atoms with van der Waals surface area (Å²) in [6.07, 6.45) is 4.53. The highest BCUT2D eigenvalue weighted by Gasteiger charge is 2.24. The number of nitrogens with zero attached hydrogens (tertiary/aromatic N) is 4. The molecule has 3 aromatic rings. The van der Waals surface area contributed by atoms with E-state index in [1.165, 1.54) is 0 Å². The Hall–Kier alpha value is -3.22. The van der Waals surface area contributed by atoms with Gasteiger partial charge in [-0.1, -0.05) is 18.2 Å². The average molecular weight is 363 g/mol. The van der Waals surface area contributed by atoms with Crippen LogP contribution < -0.4 is 10.5 Å². The molecule has 0 unspecified atom stereocenters. The fraction of sp³-hybridized carbons (Fsp3) is 0.300. The molecule has 0 bridgehead atoms. The molecule has 7 nitrogen and oxygen atoms in total. The second kappa shape index (κ2) is 7.19. The Morgan fingerprint density at radius 3 is 2.70 bits per heavy atom. The lowest BCUT2D eigenvalue weighted by Gasteiger charge is -2.25. The molecule has 3 heterocycles. The number of aryl methyl sites for hydroxylation is 1. The topological polar surface area (TPSA) is 82.2 Å². The zero-order valence-electron chi connectivity index (χ0n) is 15.2. The minimum Gasteiger partial charge on any atom is -0.369 e. The molecule has 1 N–H and O–H groups in total. The minimum absolute atomic E-state index is 0.143. The maximum absolute atomic E-state index is 13.1. The molecule has 1 fully saturated rings. The minimum atomic E-state index is -0.280. The van der Waals surface area contributed by atoms with E-state index in [4.69, 9.17) is 0 Å². The van der Waals surface area contributed by atoms with Crippen molar-refractivity contribution in [1.82, 2.24) is 20.1 Å². The van der Waals surface area contributed by atoms with E-state index in [0.29, 0.717) is 29.6 Å². The van der Waals surface area contributed by atoms with Gasteiger partial charge in [0.1, 0.15) is 0 Å². The second-order valence-corrected chi connectivity index (χ2v) is 6.74. The lowest BCUT2D eigenvalue weighted by atomic mass is 10.1. The molecule has 0 aliphatic carbocycles. The first-order valence-corrected chi connectivity index (χ1v) is 9.07. The highest BCUT2D eigenvalue weighted by atomic mass is 16.2. The van der Waals surface area contributed by atoms with Gasteiger partial charge >= 0.3 is 0 Å². The van der Waals surface area contributed by atoms with Crippen molar-refractivity contribution in [3.8, 4) is 0 Å². The van der Waals surface area contributed by atoms with Gasteiger partial charge in [-0.05, 0) is 31.0 Å². The van der Waals surface area contributed by atoms with E-state index >= 15 is 0 Å². The van der Waals surface area contributed by atoms with Gasteiger partial charge in [0, 0.05) is 49.6 Å². The Labute approximate surface area is 156 Å². The van der Waals surface area contributed by atoms with E-state index in [2.05, 4.69) is 20.1 Å². The predicted molar refractivity (Wildman–Crippen MR) is 104 cm³/mol. The number of H-pyrrole nitrogens is 1. The molecule has 138 valence electrons. The van der Waals surface area contributed by atoms with Crippen molar-refractivity contribution in [2.45, 2.75) is 13.3 Å². The summed E-state index contributed by atoms with van der Waals surface area (Å²) < 4.78 is 0. The van der Waals surface area contributed by atoms with Crippen molar-refractivity contribution in [1.29, 1.82) is 0 Å². The van der Waals surface area contributed by atoms with Crippen LogP contribution in [0.25, 0.3) is 10.8 Å². The molecule has 0 spiro atoms. The number of amides is 1. The number of pyridine rings is 1. The number of rotatable bonds is 2. The molecule has 0 atom stereocenters. The van der Waals surface area contributed by atoms with Crippen molar-refractivity contribution in [2.24, 2.45) is 0 Å². The molecule has 1 amide bonds.